The van der Waals surface area contributed by atoms with Crippen molar-refractivity contribution in [2.45, 2.75) is 55.4 Å². The van der Waals surface area contributed by atoms with Crippen LogP contribution in [-0.2, 0) is 0 Å². The molecule has 0 aliphatic rings. The Balaban J connectivity index is 0. The Morgan fingerprint density at radius 2 is 1.65 bits per heavy atom. The number of nitrogens with two attached hydrogens (primary N) is 1. The van der Waals surface area contributed by atoms with Crippen molar-refractivity contribution in [3.05, 3.63) is 74.8 Å². The Kier molecular flexibility index (Phi) is 18.7. The second-order valence-corrected chi connectivity index (χ2v) is 7.32. The van der Waals surface area contributed by atoms with Gasteiger partial charge in [0.2, 0.25) is 0 Å². The first-order valence-electron chi connectivity index (χ1n) is 10.3. The van der Waals surface area contributed by atoms with Gasteiger partial charge in [-0.15, -0.1) is 0 Å². The molecule has 7 heteroatoms. The third-order valence-corrected chi connectivity index (χ3v) is 4.37. The number of hydrogen-bond donors (Lipinski definition) is 4. The smallest absolute Gasteiger partial charge is 0.141 e. The van der Waals surface area contributed by atoms with E-state index in [0.717, 1.165) is 27.1 Å². The second-order valence-electron chi connectivity index (χ2n) is 5.75. The summed E-state index contributed by atoms with van der Waals surface area (Å²) >= 11 is 4.10. The minimum Gasteiger partial charge on any atom is -0.384 e. The SMILES string of the molecule is C/C=C\C(=C/C)SO.CC.CC.Cc1cc(C)cc(Nc2ncc(Br)cc2C(=N)N)c1. The number of amidine groups is 1. The van der Waals surface area contributed by atoms with Gasteiger partial charge >= 0.3 is 0 Å². The van der Waals surface area contributed by atoms with Crippen molar-refractivity contribution in [2.24, 2.45) is 5.73 Å². The predicted octanol–water partition coefficient (Wildman–Crippen LogP) is 8.21. The van der Waals surface area contributed by atoms with Crippen molar-refractivity contribution in [1.29, 1.82) is 5.41 Å². The lowest BCUT2D eigenvalue weighted by molar-refractivity contribution is 0.669. The van der Waals surface area contributed by atoms with E-state index >= 15 is 0 Å². The van der Waals surface area contributed by atoms with E-state index < -0.39 is 0 Å². The highest BCUT2D eigenvalue weighted by atomic mass is 79.9. The van der Waals surface area contributed by atoms with Gasteiger partial charge in [-0.3, -0.25) is 5.41 Å². The third kappa shape index (κ3) is 13.0. The minimum absolute atomic E-state index is 0.0133. The minimum atomic E-state index is -0.0133. The van der Waals surface area contributed by atoms with Crippen LogP contribution in [-0.4, -0.2) is 15.4 Å². The molecule has 172 valence electrons. The van der Waals surface area contributed by atoms with E-state index in [2.05, 4.69) is 32.3 Å². The van der Waals surface area contributed by atoms with E-state index in [1.54, 1.807) is 12.3 Å². The molecule has 0 saturated carbocycles. The van der Waals surface area contributed by atoms with Gasteiger partial charge in [0, 0.05) is 33.3 Å². The normalized spacial score (nSPS) is 10.1. The molecule has 0 aliphatic heterocycles. The fraction of sp³-hybridized carbons (Fsp3) is 0.333. The van der Waals surface area contributed by atoms with E-state index in [9.17, 15) is 0 Å². The van der Waals surface area contributed by atoms with Crippen LogP contribution >= 0.6 is 28.0 Å². The van der Waals surface area contributed by atoms with Crippen LogP contribution < -0.4 is 11.1 Å². The quantitative estimate of drug-likeness (QED) is 0.141. The Bertz CT molecular complexity index is 828. The highest BCUT2D eigenvalue weighted by Gasteiger charge is 2.08. The van der Waals surface area contributed by atoms with E-state index in [0.29, 0.717) is 11.4 Å². The van der Waals surface area contributed by atoms with E-state index in [1.807, 2.05) is 85.8 Å². The molecule has 1 heterocycles. The molecule has 5 nitrogen and oxygen atoms in total. The van der Waals surface area contributed by atoms with Crippen LogP contribution in [0.3, 0.4) is 0 Å². The van der Waals surface area contributed by atoms with Gasteiger partial charge in [-0.05, 0) is 73.0 Å². The van der Waals surface area contributed by atoms with Crippen LogP contribution in [0.1, 0.15) is 58.2 Å². The van der Waals surface area contributed by atoms with Crippen molar-refractivity contribution in [1.82, 2.24) is 4.98 Å². The molecule has 0 radical (unpaired) electrons. The molecule has 0 fully saturated rings. The average Bonchev–Trinajstić information content (AvgIpc) is 2.75. The lowest BCUT2D eigenvalue weighted by atomic mass is 10.1. The summed E-state index contributed by atoms with van der Waals surface area (Å²) in [6, 6.07) is 7.94. The van der Waals surface area contributed by atoms with Gasteiger partial charge in [0.15, 0.2) is 0 Å². The first kappa shape index (κ1) is 31.1. The summed E-state index contributed by atoms with van der Waals surface area (Å²) in [6.45, 7) is 15.9. The molecule has 1 aromatic heterocycles. The summed E-state index contributed by atoms with van der Waals surface area (Å²) in [7, 11) is 0. The molecule has 0 bridgehead atoms. The van der Waals surface area contributed by atoms with Crippen molar-refractivity contribution in [3.8, 4) is 0 Å². The molecule has 0 spiro atoms. The number of nitrogens with zero attached hydrogens (tertiary/aromatic N) is 1. The van der Waals surface area contributed by atoms with E-state index in [4.69, 9.17) is 15.7 Å². The maximum atomic E-state index is 8.45. The number of rotatable bonds is 5. The van der Waals surface area contributed by atoms with Crippen LogP contribution in [0, 0.1) is 19.3 Å². The number of nitrogens with one attached hydrogen (secondary N) is 2. The molecule has 0 saturated heterocycles. The lowest BCUT2D eigenvalue weighted by Crippen LogP contribution is -2.14. The van der Waals surface area contributed by atoms with Crippen LogP contribution in [0.4, 0.5) is 11.5 Å². The number of nitrogen functional groups attached to an aromatic ring is 1. The molecule has 2 aromatic rings. The zero-order chi connectivity index (χ0) is 24.4. The highest BCUT2D eigenvalue weighted by molar-refractivity contribution is 9.10. The summed E-state index contributed by atoms with van der Waals surface area (Å²) in [5.41, 5.74) is 9.44. The topological polar surface area (TPSA) is 95.0 Å². The number of anilines is 2. The molecule has 1 aromatic carbocycles. The largest absolute Gasteiger partial charge is 0.384 e. The molecule has 0 unspecified atom stereocenters. The zero-order valence-corrected chi connectivity index (χ0v) is 22.3. The molecule has 2 rings (SSSR count). The third-order valence-electron chi connectivity index (χ3n) is 3.35. The van der Waals surface area contributed by atoms with Crippen LogP contribution in [0.15, 0.2) is 58.1 Å². The first-order valence-corrected chi connectivity index (χ1v) is 11.8. The standard InChI is InChI=1S/C14H15BrN4.C6H10OS.2C2H6/c1-8-3-9(2)5-11(4-8)19-14-12(13(16)17)6-10(15)7-18-14;1-3-5-6(4-2)8-7;2*1-2/h3-7H,1-2H3,(H3,16,17)(H,18,19);3-5,7H,1-2H3;2*1-2H3/b;5-3-,6-4+;;. The summed E-state index contributed by atoms with van der Waals surface area (Å²) in [5, 5.41) is 10.8. The number of halogens is 1. The number of allylic oxidation sites excluding steroid dienone is 3. The summed E-state index contributed by atoms with van der Waals surface area (Å²) in [4.78, 5) is 5.16. The monoisotopic (exact) mass is 508 g/mol. The van der Waals surface area contributed by atoms with Crippen LogP contribution in [0.5, 0.6) is 0 Å². The summed E-state index contributed by atoms with van der Waals surface area (Å²) in [6.07, 6.45) is 7.27. The number of pyridine rings is 1. The van der Waals surface area contributed by atoms with Gasteiger partial charge in [-0.1, -0.05) is 52.0 Å². The van der Waals surface area contributed by atoms with Gasteiger partial charge in [-0.25, -0.2) is 4.98 Å². The van der Waals surface area contributed by atoms with Crippen molar-refractivity contribution < 1.29 is 4.55 Å². The Hall–Kier alpha value is -2.09. The molecule has 0 amide bonds. The average molecular weight is 510 g/mol. The molecule has 0 aliphatic carbocycles. The fourth-order valence-electron chi connectivity index (χ4n) is 2.27. The molecule has 31 heavy (non-hydrogen) atoms. The first-order chi connectivity index (χ1) is 14.8. The highest BCUT2D eigenvalue weighted by Crippen LogP contribution is 2.23. The Morgan fingerprint density at radius 3 is 2.03 bits per heavy atom. The predicted molar refractivity (Wildman–Crippen MR) is 144 cm³/mol. The zero-order valence-electron chi connectivity index (χ0n) is 19.9. The molecule has 0 atom stereocenters. The van der Waals surface area contributed by atoms with Gasteiger partial charge < -0.3 is 15.6 Å². The second kappa shape index (κ2) is 18.7. The fourth-order valence-corrected chi connectivity index (χ4v) is 2.91. The number of aromatic nitrogens is 1. The summed E-state index contributed by atoms with van der Waals surface area (Å²) in [5.74, 6) is 0.571. The van der Waals surface area contributed by atoms with Gasteiger partial charge in [-0.2, -0.15) is 0 Å². The maximum Gasteiger partial charge on any atom is 0.141 e. The molecular formula is C24H37BrN4OS. The molecule has 5 N–H and O–H groups in total. The van der Waals surface area contributed by atoms with Gasteiger partial charge in [0.25, 0.3) is 0 Å². The summed E-state index contributed by atoms with van der Waals surface area (Å²) < 4.78 is 9.25. The number of aryl methyl sites for hydroxylation is 2. The number of hydrogen-bond acceptors (Lipinski definition) is 5. The molecular weight excluding hydrogens is 472 g/mol. The van der Waals surface area contributed by atoms with Crippen LogP contribution in [0.2, 0.25) is 0 Å². The van der Waals surface area contributed by atoms with E-state index in [1.165, 1.54) is 11.1 Å². The van der Waals surface area contributed by atoms with Gasteiger partial charge in [0.05, 0.1) is 5.56 Å². The van der Waals surface area contributed by atoms with Crippen molar-refractivity contribution in [2.75, 3.05) is 5.32 Å². The Labute approximate surface area is 201 Å². The maximum absolute atomic E-state index is 8.45. The Morgan fingerprint density at radius 1 is 1.10 bits per heavy atom. The van der Waals surface area contributed by atoms with Crippen molar-refractivity contribution >= 4 is 45.3 Å². The van der Waals surface area contributed by atoms with Crippen LogP contribution in [0.25, 0.3) is 0 Å². The van der Waals surface area contributed by atoms with Gasteiger partial charge in [0.1, 0.15) is 11.7 Å². The number of benzene rings is 1. The van der Waals surface area contributed by atoms with E-state index in [-0.39, 0.29) is 5.84 Å². The van der Waals surface area contributed by atoms with Crippen molar-refractivity contribution in [3.63, 3.8) is 0 Å². The lowest BCUT2D eigenvalue weighted by Gasteiger charge is -2.11.